The molecule has 0 radical (unpaired) electrons. The lowest BCUT2D eigenvalue weighted by molar-refractivity contribution is -0.110. The van der Waals surface area contributed by atoms with Gasteiger partial charge in [0, 0.05) is 47.5 Å². The molecule has 5 rings (SSSR count). The molecular formula is C27H26N4O3. The predicted molar refractivity (Wildman–Crippen MR) is 134 cm³/mol. The Labute approximate surface area is 198 Å². The number of hydrogen-bond acceptors (Lipinski definition) is 5. The van der Waals surface area contributed by atoms with Crippen LogP contribution in [0.5, 0.6) is 0 Å². The third kappa shape index (κ3) is 4.65. The van der Waals surface area contributed by atoms with Gasteiger partial charge >= 0.3 is 0 Å². The number of carbonyl (C=O) groups excluding carboxylic acids is 2. The number of fused-ring (bicyclic) bond motifs is 1. The van der Waals surface area contributed by atoms with Crippen molar-refractivity contribution in [1.82, 2.24) is 0 Å². The Morgan fingerprint density at radius 3 is 2.41 bits per heavy atom. The van der Waals surface area contributed by atoms with Crippen molar-refractivity contribution in [2.24, 2.45) is 5.73 Å². The van der Waals surface area contributed by atoms with Crippen LogP contribution in [-0.4, -0.2) is 38.1 Å². The van der Waals surface area contributed by atoms with E-state index < -0.39 is 5.91 Å². The highest BCUT2D eigenvalue weighted by atomic mass is 16.5. The number of anilines is 3. The Hall–Kier alpha value is -4.10. The van der Waals surface area contributed by atoms with Crippen LogP contribution >= 0.6 is 0 Å². The molecule has 0 bridgehead atoms. The lowest BCUT2D eigenvalue weighted by Gasteiger charge is -2.28. The average Bonchev–Trinajstić information content (AvgIpc) is 3.18. The van der Waals surface area contributed by atoms with Gasteiger partial charge in [0.1, 0.15) is 0 Å². The van der Waals surface area contributed by atoms with E-state index in [1.165, 1.54) is 5.69 Å². The first kappa shape index (κ1) is 21.7. The number of morpholine rings is 1. The van der Waals surface area contributed by atoms with Gasteiger partial charge in [-0.25, -0.2) is 0 Å². The van der Waals surface area contributed by atoms with Gasteiger partial charge in [-0.15, -0.1) is 0 Å². The van der Waals surface area contributed by atoms with Gasteiger partial charge in [-0.2, -0.15) is 0 Å². The predicted octanol–water partition coefficient (Wildman–Crippen LogP) is 3.62. The number of nitrogens with zero attached hydrogens (tertiary/aromatic N) is 1. The van der Waals surface area contributed by atoms with Gasteiger partial charge in [-0.1, -0.05) is 18.2 Å². The fourth-order valence-corrected chi connectivity index (χ4v) is 4.26. The monoisotopic (exact) mass is 454 g/mol. The molecule has 7 nitrogen and oxygen atoms in total. The van der Waals surface area contributed by atoms with Crippen molar-refractivity contribution in [3.63, 3.8) is 0 Å². The van der Waals surface area contributed by atoms with Gasteiger partial charge in [0.2, 0.25) is 5.91 Å². The van der Waals surface area contributed by atoms with Crippen molar-refractivity contribution in [3.05, 3.63) is 95.2 Å². The minimum absolute atomic E-state index is 0.129. The zero-order valence-electron chi connectivity index (χ0n) is 18.7. The van der Waals surface area contributed by atoms with Crippen molar-refractivity contribution in [3.8, 4) is 0 Å². The Morgan fingerprint density at radius 1 is 1.00 bits per heavy atom. The molecule has 3 aromatic carbocycles. The maximum atomic E-state index is 12.6. The molecule has 0 aliphatic carbocycles. The van der Waals surface area contributed by atoms with Gasteiger partial charge in [0.15, 0.2) is 0 Å². The van der Waals surface area contributed by atoms with E-state index in [0.717, 1.165) is 54.4 Å². The summed E-state index contributed by atoms with van der Waals surface area (Å²) in [4.78, 5) is 26.2. The minimum Gasteiger partial charge on any atom is -0.378 e. The summed E-state index contributed by atoms with van der Waals surface area (Å²) in [7, 11) is 0. The maximum Gasteiger partial charge on any atom is 0.257 e. The van der Waals surface area contributed by atoms with Crippen LogP contribution in [0.4, 0.5) is 17.1 Å². The average molecular weight is 455 g/mol. The molecule has 0 spiro atoms. The van der Waals surface area contributed by atoms with Crippen molar-refractivity contribution in [2.75, 3.05) is 41.8 Å². The maximum absolute atomic E-state index is 12.6. The summed E-state index contributed by atoms with van der Waals surface area (Å²) in [6.07, 6.45) is 2.45. The summed E-state index contributed by atoms with van der Waals surface area (Å²) < 4.78 is 5.42. The lowest BCUT2D eigenvalue weighted by Crippen LogP contribution is -2.36. The SMILES string of the molecule is NC(=O)c1ccc(Cc2ccc3c(c2)C(=CNc2ccc(N4CCOCC4)cc2)C(=O)N3)cc1. The highest BCUT2D eigenvalue weighted by Gasteiger charge is 2.24. The van der Waals surface area contributed by atoms with E-state index in [1.807, 2.05) is 42.5 Å². The topological polar surface area (TPSA) is 96.7 Å². The molecule has 0 aromatic heterocycles. The number of rotatable bonds is 6. The first-order valence-electron chi connectivity index (χ1n) is 11.3. The summed E-state index contributed by atoms with van der Waals surface area (Å²) in [6.45, 7) is 3.29. The van der Waals surface area contributed by atoms with E-state index in [0.29, 0.717) is 17.6 Å². The fraction of sp³-hybridized carbons (Fsp3) is 0.185. The van der Waals surface area contributed by atoms with Crippen LogP contribution < -0.4 is 21.3 Å². The Kier molecular flexibility index (Phi) is 6.01. The number of nitrogens with two attached hydrogens (primary N) is 1. The molecule has 4 N–H and O–H groups in total. The van der Waals surface area contributed by atoms with Crippen LogP contribution in [0.1, 0.15) is 27.0 Å². The minimum atomic E-state index is -0.438. The zero-order chi connectivity index (χ0) is 23.5. The summed E-state index contributed by atoms with van der Waals surface area (Å²) in [5.41, 5.74) is 12.3. The van der Waals surface area contributed by atoms with Crippen molar-refractivity contribution < 1.29 is 14.3 Å². The number of ether oxygens (including phenoxy) is 1. The van der Waals surface area contributed by atoms with E-state index in [4.69, 9.17) is 10.5 Å². The van der Waals surface area contributed by atoms with Crippen molar-refractivity contribution >= 4 is 34.4 Å². The Morgan fingerprint density at radius 2 is 1.71 bits per heavy atom. The molecule has 0 atom stereocenters. The number of amides is 2. The number of nitrogens with one attached hydrogen (secondary N) is 2. The Balaban J connectivity index is 1.31. The molecule has 2 heterocycles. The van der Waals surface area contributed by atoms with Gasteiger partial charge in [0.05, 0.1) is 18.8 Å². The molecule has 1 saturated heterocycles. The molecule has 2 aliphatic heterocycles. The van der Waals surface area contributed by atoms with E-state index in [-0.39, 0.29) is 5.91 Å². The number of carbonyl (C=O) groups is 2. The normalized spacial score (nSPS) is 16.3. The smallest absolute Gasteiger partial charge is 0.257 e. The van der Waals surface area contributed by atoms with Gasteiger partial charge < -0.3 is 26.0 Å². The van der Waals surface area contributed by atoms with Crippen LogP contribution in [0.2, 0.25) is 0 Å². The fourth-order valence-electron chi connectivity index (χ4n) is 4.26. The zero-order valence-corrected chi connectivity index (χ0v) is 18.7. The van der Waals surface area contributed by atoms with E-state index in [2.05, 4.69) is 27.7 Å². The molecule has 0 saturated carbocycles. The Bertz CT molecular complexity index is 1240. The van der Waals surface area contributed by atoms with E-state index in [9.17, 15) is 9.59 Å². The third-order valence-electron chi connectivity index (χ3n) is 6.14. The molecule has 3 aromatic rings. The van der Waals surface area contributed by atoms with Crippen molar-refractivity contribution in [2.45, 2.75) is 6.42 Å². The highest BCUT2D eigenvalue weighted by molar-refractivity contribution is 6.31. The highest BCUT2D eigenvalue weighted by Crippen LogP contribution is 2.33. The number of benzene rings is 3. The van der Waals surface area contributed by atoms with Gasteiger partial charge in [0.25, 0.3) is 5.91 Å². The van der Waals surface area contributed by atoms with Gasteiger partial charge in [-0.05, 0) is 66.1 Å². The second kappa shape index (κ2) is 9.41. The molecule has 1 fully saturated rings. The summed E-state index contributed by atoms with van der Waals surface area (Å²) in [5, 5.41) is 6.19. The molecule has 7 heteroatoms. The first-order chi connectivity index (χ1) is 16.6. The standard InChI is InChI=1S/C27H26N4O3/c28-26(32)20-4-1-18(2-5-20)15-19-3-10-25-23(16-19)24(27(33)30-25)17-29-21-6-8-22(9-7-21)31-11-13-34-14-12-31/h1-10,16-17,29H,11-15H2,(H2,28,32)(H,30,33). The molecule has 34 heavy (non-hydrogen) atoms. The number of hydrogen-bond donors (Lipinski definition) is 3. The van der Waals surface area contributed by atoms with E-state index in [1.54, 1.807) is 18.3 Å². The van der Waals surface area contributed by atoms with Crippen molar-refractivity contribution in [1.29, 1.82) is 0 Å². The van der Waals surface area contributed by atoms with Crippen LogP contribution in [0, 0.1) is 0 Å². The lowest BCUT2D eigenvalue weighted by atomic mass is 9.99. The largest absolute Gasteiger partial charge is 0.378 e. The summed E-state index contributed by atoms with van der Waals surface area (Å²) in [6, 6.07) is 21.4. The van der Waals surface area contributed by atoms with Crippen LogP contribution in [0.25, 0.3) is 5.57 Å². The van der Waals surface area contributed by atoms with Crippen LogP contribution in [0.3, 0.4) is 0 Å². The van der Waals surface area contributed by atoms with E-state index >= 15 is 0 Å². The molecule has 0 unspecified atom stereocenters. The van der Waals surface area contributed by atoms with Crippen LogP contribution in [0.15, 0.2) is 72.9 Å². The van der Waals surface area contributed by atoms with Gasteiger partial charge in [-0.3, -0.25) is 9.59 Å². The second-order valence-electron chi connectivity index (χ2n) is 8.42. The summed E-state index contributed by atoms with van der Waals surface area (Å²) in [5.74, 6) is -0.568. The first-order valence-corrected chi connectivity index (χ1v) is 11.3. The third-order valence-corrected chi connectivity index (χ3v) is 6.14. The number of primary amides is 1. The molecule has 172 valence electrons. The molecule has 2 amide bonds. The summed E-state index contributed by atoms with van der Waals surface area (Å²) >= 11 is 0. The van der Waals surface area contributed by atoms with Crippen LogP contribution in [-0.2, 0) is 16.0 Å². The molecule has 2 aliphatic rings. The second-order valence-corrected chi connectivity index (χ2v) is 8.42. The molecular weight excluding hydrogens is 428 g/mol. The quantitative estimate of drug-likeness (QED) is 0.495.